The molecule has 0 spiro atoms. The molecule has 2 bridgehead atoms. The summed E-state index contributed by atoms with van der Waals surface area (Å²) in [5.41, 5.74) is 0.651. The van der Waals surface area contributed by atoms with Gasteiger partial charge in [0.2, 0.25) is 11.8 Å². The molecule has 2 aliphatic heterocycles. The number of hydrogen-bond donors (Lipinski definition) is 2. The Labute approximate surface area is 176 Å². The van der Waals surface area contributed by atoms with Crippen molar-refractivity contribution in [2.75, 3.05) is 5.32 Å². The first-order valence-electron chi connectivity index (χ1n) is 9.09. The molecule has 2 aromatic rings. The number of anilines is 1. The van der Waals surface area contributed by atoms with E-state index >= 15 is 0 Å². The molecular weight excluding hydrogens is 404 g/mol. The van der Waals surface area contributed by atoms with Crippen LogP contribution in [-0.2, 0) is 4.79 Å². The Morgan fingerprint density at radius 2 is 1.79 bits per heavy atom. The first-order valence-corrected chi connectivity index (χ1v) is 9.09. The van der Waals surface area contributed by atoms with Gasteiger partial charge in [-0.3, -0.25) is 4.79 Å². The summed E-state index contributed by atoms with van der Waals surface area (Å²) in [5, 5.41) is 6.51. The number of ether oxygens (including phenoxy) is 1. The van der Waals surface area contributed by atoms with E-state index in [-0.39, 0.29) is 36.5 Å². The Morgan fingerprint density at radius 3 is 2.39 bits per heavy atom. The number of piperidine rings is 1. The molecule has 2 unspecified atom stereocenters. The van der Waals surface area contributed by atoms with Crippen LogP contribution in [0.2, 0.25) is 0 Å². The maximum absolute atomic E-state index is 12.9. The van der Waals surface area contributed by atoms with Crippen molar-refractivity contribution >= 4 is 36.4 Å². The van der Waals surface area contributed by atoms with Crippen LogP contribution in [0, 0.1) is 11.7 Å². The van der Waals surface area contributed by atoms with E-state index in [4.69, 9.17) is 4.74 Å². The van der Waals surface area contributed by atoms with Crippen LogP contribution in [0.4, 0.5) is 10.1 Å². The number of nitrogens with one attached hydrogen (secondary N) is 2. The highest BCUT2D eigenvalue weighted by Crippen LogP contribution is 2.32. The van der Waals surface area contributed by atoms with Crippen LogP contribution >= 0.6 is 24.8 Å². The molecule has 3 heterocycles. The second kappa shape index (κ2) is 10.0. The number of carbonyl (C=O) groups is 1. The molecule has 1 amide bonds. The number of benzene rings is 1. The fraction of sp³-hybridized carbons (Fsp3) is 0.400. The monoisotopic (exact) mass is 427 g/mol. The number of hydrogen-bond acceptors (Lipinski definition) is 4. The van der Waals surface area contributed by atoms with E-state index in [0.717, 1.165) is 12.8 Å². The molecule has 1 aromatic heterocycles. The fourth-order valence-corrected chi connectivity index (χ4v) is 3.95. The molecule has 0 aliphatic carbocycles. The third-order valence-corrected chi connectivity index (χ3v) is 5.10. The van der Waals surface area contributed by atoms with Crippen LogP contribution in [0.3, 0.4) is 0 Å². The van der Waals surface area contributed by atoms with E-state index in [2.05, 4.69) is 15.6 Å². The quantitative estimate of drug-likeness (QED) is 0.724. The van der Waals surface area contributed by atoms with E-state index in [1.54, 1.807) is 30.5 Å². The zero-order valence-corrected chi connectivity index (χ0v) is 16.9. The lowest BCUT2D eigenvalue weighted by Crippen LogP contribution is -2.39. The van der Waals surface area contributed by atoms with Gasteiger partial charge in [0, 0.05) is 24.6 Å². The standard InChI is InChI=1S/C20H22FN3O2.2ClH/c21-14-1-6-18(7-2-14)26-20-8-5-17(12-22-20)24-19(25)11-13-9-15-3-4-16(10-13)23-15;;/h1-2,5-8,12-13,15-16,23H,3-4,9-11H2,(H,24,25);2*1H. The molecule has 2 saturated heterocycles. The Balaban J connectivity index is 0.00000140. The van der Waals surface area contributed by atoms with Crippen molar-refractivity contribution in [2.24, 2.45) is 5.92 Å². The van der Waals surface area contributed by atoms with E-state index in [9.17, 15) is 9.18 Å². The van der Waals surface area contributed by atoms with Crippen LogP contribution in [-0.4, -0.2) is 23.0 Å². The number of pyridine rings is 1. The number of amides is 1. The van der Waals surface area contributed by atoms with Gasteiger partial charge in [-0.05, 0) is 61.9 Å². The van der Waals surface area contributed by atoms with Gasteiger partial charge in [0.15, 0.2) is 0 Å². The fourth-order valence-electron chi connectivity index (χ4n) is 3.95. The minimum atomic E-state index is -0.315. The normalized spacial score (nSPS) is 22.5. The van der Waals surface area contributed by atoms with Crippen LogP contribution < -0.4 is 15.4 Å². The number of nitrogens with zero attached hydrogens (tertiary/aromatic N) is 1. The highest BCUT2D eigenvalue weighted by Gasteiger charge is 2.34. The van der Waals surface area contributed by atoms with Crippen molar-refractivity contribution in [3.05, 3.63) is 48.4 Å². The Bertz CT molecular complexity index is 762. The summed E-state index contributed by atoms with van der Waals surface area (Å²) in [4.78, 5) is 16.5. The minimum absolute atomic E-state index is 0. The second-order valence-corrected chi connectivity index (χ2v) is 7.17. The predicted octanol–water partition coefficient (Wildman–Crippen LogP) is 4.72. The van der Waals surface area contributed by atoms with Crippen LogP contribution in [0.25, 0.3) is 0 Å². The van der Waals surface area contributed by atoms with Crippen molar-refractivity contribution in [1.29, 1.82) is 0 Å². The highest BCUT2D eigenvalue weighted by atomic mass is 35.5. The first kappa shape index (κ1) is 22.4. The van der Waals surface area contributed by atoms with Gasteiger partial charge >= 0.3 is 0 Å². The largest absolute Gasteiger partial charge is 0.439 e. The van der Waals surface area contributed by atoms with Gasteiger partial charge < -0.3 is 15.4 Å². The van der Waals surface area contributed by atoms with Gasteiger partial charge in [-0.2, -0.15) is 0 Å². The van der Waals surface area contributed by atoms with E-state index in [1.807, 2.05) is 0 Å². The van der Waals surface area contributed by atoms with Crippen LogP contribution in [0.1, 0.15) is 32.1 Å². The van der Waals surface area contributed by atoms with Gasteiger partial charge in [0.1, 0.15) is 11.6 Å². The zero-order valence-electron chi connectivity index (χ0n) is 15.3. The number of halogens is 3. The van der Waals surface area contributed by atoms with E-state index in [0.29, 0.717) is 41.7 Å². The van der Waals surface area contributed by atoms with Gasteiger partial charge in [0.25, 0.3) is 0 Å². The lowest BCUT2D eigenvalue weighted by molar-refractivity contribution is -0.117. The molecule has 28 heavy (non-hydrogen) atoms. The number of rotatable bonds is 5. The molecule has 5 nitrogen and oxygen atoms in total. The van der Waals surface area contributed by atoms with Crippen molar-refractivity contribution in [3.8, 4) is 11.6 Å². The summed E-state index contributed by atoms with van der Waals surface area (Å²) >= 11 is 0. The topological polar surface area (TPSA) is 63.2 Å². The van der Waals surface area contributed by atoms with E-state index < -0.39 is 0 Å². The molecule has 2 aliphatic rings. The SMILES string of the molecule is Cl.Cl.O=C(CC1CC2CCC(C1)N2)Nc1ccc(Oc2ccc(F)cc2)nc1. The molecule has 2 fully saturated rings. The van der Waals surface area contributed by atoms with Crippen LogP contribution in [0.5, 0.6) is 11.6 Å². The Kier molecular flexibility index (Phi) is 8.04. The molecule has 152 valence electrons. The number of fused-ring (bicyclic) bond motifs is 2. The molecule has 4 rings (SSSR count). The van der Waals surface area contributed by atoms with Gasteiger partial charge in [-0.1, -0.05) is 0 Å². The lowest BCUT2D eigenvalue weighted by Gasteiger charge is -2.28. The summed E-state index contributed by atoms with van der Waals surface area (Å²) in [6.45, 7) is 0. The smallest absolute Gasteiger partial charge is 0.224 e. The van der Waals surface area contributed by atoms with Crippen molar-refractivity contribution < 1.29 is 13.9 Å². The summed E-state index contributed by atoms with van der Waals surface area (Å²) in [6, 6.07) is 10.4. The Morgan fingerprint density at radius 1 is 1.11 bits per heavy atom. The molecule has 8 heteroatoms. The summed E-state index contributed by atoms with van der Waals surface area (Å²) in [7, 11) is 0. The molecular formula is C20H24Cl2FN3O2. The molecule has 2 atom stereocenters. The third-order valence-electron chi connectivity index (χ3n) is 5.10. The average molecular weight is 428 g/mol. The average Bonchev–Trinajstić information content (AvgIpc) is 2.97. The maximum Gasteiger partial charge on any atom is 0.224 e. The van der Waals surface area contributed by atoms with Crippen molar-refractivity contribution in [3.63, 3.8) is 0 Å². The summed E-state index contributed by atoms with van der Waals surface area (Å²) in [6.07, 6.45) is 6.79. The summed E-state index contributed by atoms with van der Waals surface area (Å²) in [5.74, 6) is 1.08. The van der Waals surface area contributed by atoms with Crippen LogP contribution in [0.15, 0.2) is 42.6 Å². The number of aromatic nitrogens is 1. The Hall–Kier alpha value is -1.89. The molecule has 0 saturated carbocycles. The predicted molar refractivity (Wildman–Crippen MR) is 111 cm³/mol. The molecule has 1 aromatic carbocycles. The molecule has 2 N–H and O–H groups in total. The minimum Gasteiger partial charge on any atom is -0.439 e. The van der Waals surface area contributed by atoms with Crippen molar-refractivity contribution in [2.45, 2.75) is 44.2 Å². The van der Waals surface area contributed by atoms with Gasteiger partial charge in [-0.25, -0.2) is 9.37 Å². The third kappa shape index (κ3) is 5.80. The maximum atomic E-state index is 12.9. The van der Waals surface area contributed by atoms with Gasteiger partial charge in [-0.15, -0.1) is 24.8 Å². The summed E-state index contributed by atoms with van der Waals surface area (Å²) < 4.78 is 18.4. The van der Waals surface area contributed by atoms with E-state index in [1.165, 1.54) is 25.0 Å². The second-order valence-electron chi connectivity index (χ2n) is 7.17. The lowest BCUT2D eigenvalue weighted by atomic mass is 9.89. The van der Waals surface area contributed by atoms with Crippen molar-refractivity contribution in [1.82, 2.24) is 10.3 Å². The molecule has 0 radical (unpaired) electrons. The van der Waals surface area contributed by atoms with Gasteiger partial charge in [0.05, 0.1) is 11.9 Å². The zero-order chi connectivity index (χ0) is 17.9. The highest BCUT2D eigenvalue weighted by molar-refractivity contribution is 5.90. The number of carbonyl (C=O) groups excluding carboxylic acids is 1. The first-order chi connectivity index (χ1) is 12.6.